The van der Waals surface area contributed by atoms with Crippen LogP contribution in [0.3, 0.4) is 0 Å². The zero-order valence-corrected chi connectivity index (χ0v) is 13.4. The second kappa shape index (κ2) is 6.92. The number of nitrogens with zero attached hydrogens (tertiary/aromatic N) is 3. The molecule has 0 spiro atoms. The monoisotopic (exact) mass is 375 g/mol. The van der Waals surface area contributed by atoms with Crippen molar-refractivity contribution >= 4 is 17.6 Å². The van der Waals surface area contributed by atoms with Gasteiger partial charge in [-0.3, -0.25) is 4.57 Å². The number of hydrogen-bond donors (Lipinski definition) is 0. The van der Waals surface area contributed by atoms with Crippen LogP contribution in [-0.2, 0) is 17.9 Å². The largest absolute Gasteiger partial charge is 0.446 e. The van der Waals surface area contributed by atoms with Crippen LogP contribution in [0, 0.1) is 10.1 Å². The lowest BCUT2D eigenvalue weighted by Gasteiger charge is -2.22. The molecular formula is C14H12F3N3O4S. The van der Waals surface area contributed by atoms with E-state index in [0.29, 0.717) is 12.1 Å². The topological polar surface area (TPSA) is 79.4 Å². The number of fused-ring (bicyclic) bond motifs is 1. The second-order valence-electron chi connectivity index (χ2n) is 5.23. The number of thioether (sulfide) groups is 1. The highest BCUT2D eigenvalue weighted by atomic mass is 32.2. The van der Waals surface area contributed by atoms with Gasteiger partial charge in [0.1, 0.15) is 18.9 Å². The molecule has 1 aliphatic rings. The molecule has 25 heavy (non-hydrogen) atoms. The average molecular weight is 375 g/mol. The van der Waals surface area contributed by atoms with Gasteiger partial charge in [0.05, 0.1) is 13.2 Å². The molecule has 0 saturated carbocycles. The van der Waals surface area contributed by atoms with Gasteiger partial charge in [-0.25, -0.2) is 0 Å². The summed E-state index contributed by atoms with van der Waals surface area (Å²) in [6.45, 7) is 0.728. The van der Waals surface area contributed by atoms with E-state index in [4.69, 9.17) is 9.47 Å². The van der Waals surface area contributed by atoms with Crippen molar-refractivity contribution in [1.29, 1.82) is 0 Å². The van der Waals surface area contributed by atoms with Crippen LogP contribution in [0.2, 0.25) is 0 Å². The van der Waals surface area contributed by atoms with Crippen LogP contribution in [0.25, 0.3) is 0 Å². The van der Waals surface area contributed by atoms with Crippen LogP contribution in [0.1, 0.15) is 5.56 Å². The van der Waals surface area contributed by atoms with E-state index in [1.807, 2.05) is 0 Å². The molecule has 0 N–H and O–H groups in total. The fourth-order valence-corrected chi connectivity index (χ4v) is 2.80. The van der Waals surface area contributed by atoms with Crippen LogP contribution in [0.5, 0.6) is 6.01 Å². The molecule has 2 aromatic rings. The van der Waals surface area contributed by atoms with Gasteiger partial charge in [0, 0.05) is 9.88 Å². The number of rotatable bonds is 5. The summed E-state index contributed by atoms with van der Waals surface area (Å²) in [6.07, 6.45) is 0.930. The fraction of sp³-hybridized carbons (Fsp3) is 0.357. The minimum Gasteiger partial charge on any atom is -0.443 e. The molecule has 134 valence electrons. The first-order valence-corrected chi connectivity index (χ1v) is 7.92. The molecule has 0 fully saturated rings. The van der Waals surface area contributed by atoms with Crippen molar-refractivity contribution in [3.8, 4) is 6.01 Å². The van der Waals surface area contributed by atoms with E-state index in [0.717, 1.165) is 0 Å². The number of aromatic nitrogens is 2. The van der Waals surface area contributed by atoms with Crippen LogP contribution in [0.15, 0.2) is 35.4 Å². The number of alkyl halides is 3. The lowest BCUT2D eigenvalue weighted by Crippen LogP contribution is -2.32. The summed E-state index contributed by atoms with van der Waals surface area (Å²) in [6, 6.07) is 6.05. The van der Waals surface area contributed by atoms with Gasteiger partial charge in [0.25, 0.3) is 0 Å². The summed E-state index contributed by atoms with van der Waals surface area (Å²) in [4.78, 5) is 13.9. The van der Waals surface area contributed by atoms with E-state index in [9.17, 15) is 23.3 Å². The molecule has 1 unspecified atom stereocenters. The highest BCUT2D eigenvalue weighted by Gasteiger charge is 2.29. The Bertz CT molecular complexity index is 764. The first-order chi connectivity index (χ1) is 11.8. The molecule has 2 heterocycles. The minimum absolute atomic E-state index is 0.104. The highest BCUT2D eigenvalue weighted by Crippen LogP contribution is 2.36. The quantitative estimate of drug-likeness (QED) is 0.453. The first kappa shape index (κ1) is 17.5. The molecule has 7 nitrogen and oxygen atoms in total. The number of halogens is 3. The number of nitro groups is 1. The molecule has 0 saturated heterocycles. The van der Waals surface area contributed by atoms with Crippen molar-refractivity contribution in [2.75, 3.05) is 6.61 Å². The van der Waals surface area contributed by atoms with E-state index >= 15 is 0 Å². The number of ether oxygens (including phenoxy) is 2. The molecule has 0 bridgehead atoms. The normalized spacial score (nSPS) is 17.0. The van der Waals surface area contributed by atoms with Crippen LogP contribution < -0.4 is 4.74 Å². The van der Waals surface area contributed by atoms with Crippen molar-refractivity contribution in [2.45, 2.75) is 29.7 Å². The zero-order valence-electron chi connectivity index (χ0n) is 12.6. The van der Waals surface area contributed by atoms with Gasteiger partial charge in [0.15, 0.2) is 0 Å². The Morgan fingerprint density at radius 3 is 2.76 bits per heavy atom. The molecule has 3 rings (SSSR count). The third-order valence-electron chi connectivity index (χ3n) is 3.36. The Morgan fingerprint density at radius 1 is 1.40 bits per heavy atom. The molecule has 1 aromatic heterocycles. The Morgan fingerprint density at radius 2 is 2.12 bits per heavy atom. The predicted molar refractivity (Wildman–Crippen MR) is 81.3 cm³/mol. The predicted octanol–water partition coefficient (Wildman–Crippen LogP) is 3.38. The van der Waals surface area contributed by atoms with Crippen LogP contribution in [-0.4, -0.2) is 32.7 Å². The SMILES string of the molecule is O=[N+]([O-])c1cn2c(n1)OCC(OCc1ccc(SC(F)(F)F)cc1)C2. The molecule has 0 amide bonds. The van der Waals surface area contributed by atoms with Crippen molar-refractivity contribution in [3.05, 3.63) is 46.1 Å². The van der Waals surface area contributed by atoms with Crippen molar-refractivity contribution in [2.24, 2.45) is 0 Å². The molecule has 1 aromatic carbocycles. The van der Waals surface area contributed by atoms with Gasteiger partial charge in [0.2, 0.25) is 0 Å². The van der Waals surface area contributed by atoms with Crippen LogP contribution >= 0.6 is 11.8 Å². The third kappa shape index (κ3) is 4.63. The first-order valence-electron chi connectivity index (χ1n) is 7.11. The van der Waals surface area contributed by atoms with Gasteiger partial charge in [-0.15, -0.1) is 0 Å². The van der Waals surface area contributed by atoms with E-state index in [1.165, 1.54) is 22.9 Å². The molecule has 0 aliphatic carbocycles. The van der Waals surface area contributed by atoms with E-state index in [2.05, 4.69) is 4.98 Å². The fourth-order valence-electron chi connectivity index (χ4n) is 2.26. The van der Waals surface area contributed by atoms with Gasteiger partial charge >= 0.3 is 17.3 Å². The lowest BCUT2D eigenvalue weighted by atomic mass is 10.2. The van der Waals surface area contributed by atoms with Gasteiger partial charge in [-0.2, -0.15) is 13.2 Å². The Kier molecular flexibility index (Phi) is 4.86. The zero-order chi connectivity index (χ0) is 18.0. The Balaban J connectivity index is 1.54. The maximum Gasteiger partial charge on any atom is 0.446 e. The van der Waals surface area contributed by atoms with Crippen molar-refractivity contribution < 1.29 is 27.6 Å². The molecule has 1 aliphatic heterocycles. The third-order valence-corrected chi connectivity index (χ3v) is 4.09. The van der Waals surface area contributed by atoms with E-state index < -0.39 is 10.4 Å². The maximum absolute atomic E-state index is 12.3. The summed E-state index contributed by atoms with van der Waals surface area (Å²) >= 11 is -0.174. The molecule has 0 radical (unpaired) electrons. The second-order valence-corrected chi connectivity index (χ2v) is 6.37. The van der Waals surface area contributed by atoms with E-state index in [1.54, 1.807) is 12.1 Å². The molecule has 11 heteroatoms. The highest BCUT2D eigenvalue weighted by molar-refractivity contribution is 8.00. The molecule has 1 atom stereocenters. The van der Waals surface area contributed by atoms with E-state index in [-0.39, 0.29) is 47.8 Å². The number of hydrogen-bond acceptors (Lipinski definition) is 6. The Labute approximate surface area is 143 Å². The summed E-state index contributed by atoms with van der Waals surface area (Å²) in [7, 11) is 0. The van der Waals surface area contributed by atoms with Gasteiger partial charge < -0.3 is 19.6 Å². The summed E-state index contributed by atoms with van der Waals surface area (Å²) < 4.78 is 49.3. The summed E-state index contributed by atoms with van der Waals surface area (Å²) in [5.41, 5.74) is -3.60. The summed E-state index contributed by atoms with van der Waals surface area (Å²) in [5.74, 6) is -0.298. The average Bonchev–Trinajstić information content (AvgIpc) is 2.96. The smallest absolute Gasteiger partial charge is 0.443 e. The van der Waals surface area contributed by atoms with Crippen molar-refractivity contribution in [3.63, 3.8) is 0 Å². The molecular weight excluding hydrogens is 363 g/mol. The van der Waals surface area contributed by atoms with Crippen molar-refractivity contribution in [1.82, 2.24) is 9.55 Å². The van der Waals surface area contributed by atoms with Crippen LogP contribution in [0.4, 0.5) is 19.0 Å². The van der Waals surface area contributed by atoms with Gasteiger partial charge in [-0.05, 0) is 34.4 Å². The minimum atomic E-state index is -4.32. The Hall–Kier alpha value is -2.27. The summed E-state index contributed by atoms with van der Waals surface area (Å²) in [5, 5.41) is 10.7. The number of benzene rings is 1. The lowest BCUT2D eigenvalue weighted by molar-refractivity contribution is -0.389. The van der Waals surface area contributed by atoms with Gasteiger partial charge in [-0.1, -0.05) is 12.1 Å². The standard InChI is InChI=1S/C14H12F3N3O4S/c15-14(16,17)25-11-3-1-9(2-4-11)7-23-10-5-19-6-12(20(21)22)18-13(19)24-8-10/h1-4,6,10H,5,7-8H2. The maximum atomic E-state index is 12.3. The number of imidazole rings is 1.